The minimum Gasteiger partial charge on any atom is -0.381 e. The monoisotopic (exact) mass is 488 g/mol. The molecule has 0 radical (unpaired) electrons. The molecule has 4 heterocycles. The summed E-state index contributed by atoms with van der Waals surface area (Å²) in [5.41, 5.74) is 1.93. The molecule has 1 N–H and O–H groups in total. The van der Waals surface area contributed by atoms with Gasteiger partial charge in [-0.05, 0) is 31.0 Å². The van der Waals surface area contributed by atoms with Crippen molar-refractivity contribution in [3.05, 3.63) is 51.5 Å². The van der Waals surface area contributed by atoms with Gasteiger partial charge in [-0.1, -0.05) is 29.8 Å². The van der Waals surface area contributed by atoms with E-state index < -0.39 is 0 Å². The van der Waals surface area contributed by atoms with Crippen LogP contribution >= 0.6 is 22.9 Å². The first kappa shape index (κ1) is 22.8. The Balaban J connectivity index is 1.31. The summed E-state index contributed by atoms with van der Waals surface area (Å²) in [5, 5.41) is 9.62. The highest BCUT2D eigenvalue weighted by Gasteiger charge is 2.32. The number of nitrogens with one attached hydrogen (secondary N) is 1. The minimum atomic E-state index is -0.0305. The summed E-state index contributed by atoms with van der Waals surface area (Å²) in [7, 11) is 0. The standard InChI is InChI=1S/C24H29ClN4O3S/c1-16-19-12-22(33-24(19)29(27-16)14-17-4-2-3-5-20(17)25)23(30)26-13-21(18-6-9-32-15-18)28-7-10-31-11-8-28/h2-5,12,18,21H,6-11,13-15H2,1H3,(H,26,30). The molecular weight excluding hydrogens is 460 g/mol. The van der Waals surface area contributed by atoms with Gasteiger partial charge in [0.1, 0.15) is 4.83 Å². The van der Waals surface area contributed by atoms with Crippen molar-refractivity contribution in [1.29, 1.82) is 0 Å². The van der Waals surface area contributed by atoms with Crippen LogP contribution in [0, 0.1) is 12.8 Å². The Bertz CT molecular complexity index is 1120. The molecule has 176 valence electrons. The molecule has 2 saturated heterocycles. The maximum absolute atomic E-state index is 13.1. The number of aryl methyl sites for hydroxylation is 1. The van der Waals surface area contributed by atoms with E-state index in [1.54, 1.807) is 0 Å². The highest BCUT2D eigenvalue weighted by atomic mass is 35.5. The Kier molecular flexibility index (Phi) is 6.99. The van der Waals surface area contributed by atoms with Gasteiger partial charge in [-0.15, -0.1) is 11.3 Å². The molecular formula is C24H29ClN4O3S. The number of morpholine rings is 1. The number of fused-ring (bicyclic) bond motifs is 1. The normalized spacial score (nSPS) is 20.4. The first-order valence-corrected chi connectivity index (χ1v) is 12.7. The van der Waals surface area contributed by atoms with Gasteiger partial charge in [0.2, 0.25) is 0 Å². The highest BCUT2D eigenvalue weighted by molar-refractivity contribution is 7.20. The molecule has 2 unspecified atom stereocenters. The van der Waals surface area contributed by atoms with Crippen LogP contribution in [0.4, 0.5) is 0 Å². The summed E-state index contributed by atoms with van der Waals surface area (Å²) in [4.78, 5) is 17.3. The second-order valence-corrected chi connectivity index (χ2v) is 10.2. The zero-order valence-corrected chi connectivity index (χ0v) is 20.3. The van der Waals surface area contributed by atoms with Gasteiger partial charge in [0.15, 0.2) is 0 Å². The lowest BCUT2D eigenvalue weighted by molar-refractivity contribution is 0.00167. The number of carbonyl (C=O) groups excluding carboxylic acids is 1. The van der Waals surface area contributed by atoms with Gasteiger partial charge in [-0.2, -0.15) is 5.10 Å². The maximum atomic E-state index is 13.1. The van der Waals surface area contributed by atoms with Crippen molar-refractivity contribution in [2.75, 3.05) is 46.1 Å². The van der Waals surface area contributed by atoms with Crippen molar-refractivity contribution in [2.24, 2.45) is 5.92 Å². The molecule has 0 bridgehead atoms. The van der Waals surface area contributed by atoms with E-state index in [4.69, 9.17) is 21.1 Å². The van der Waals surface area contributed by atoms with Crippen LogP contribution in [-0.2, 0) is 16.0 Å². The number of aromatic nitrogens is 2. The number of hydrogen-bond donors (Lipinski definition) is 1. The zero-order valence-electron chi connectivity index (χ0n) is 18.8. The summed E-state index contributed by atoms with van der Waals surface area (Å²) in [6.45, 7) is 8.03. The van der Waals surface area contributed by atoms with Crippen LogP contribution in [0.2, 0.25) is 5.02 Å². The van der Waals surface area contributed by atoms with E-state index in [0.717, 1.165) is 72.4 Å². The number of benzene rings is 1. The van der Waals surface area contributed by atoms with Crippen molar-refractivity contribution in [1.82, 2.24) is 20.0 Å². The first-order valence-electron chi connectivity index (χ1n) is 11.5. The van der Waals surface area contributed by atoms with E-state index in [-0.39, 0.29) is 11.9 Å². The van der Waals surface area contributed by atoms with Crippen LogP contribution in [0.25, 0.3) is 10.2 Å². The fraction of sp³-hybridized carbons (Fsp3) is 0.500. The number of rotatable bonds is 7. The van der Waals surface area contributed by atoms with Crippen molar-refractivity contribution < 1.29 is 14.3 Å². The molecule has 2 aromatic heterocycles. The Morgan fingerprint density at radius 3 is 2.85 bits per heavy atom. The van der Waals surface area contributed by atoms with Gasteiger partial charge in [-0.3, -0.25) is 14.4 Å². The van der Waals surface area contributed by atoms with Gasteiger partial charge in [0.25, 0.3) is 5.91 Å². The molecule has 1 amide bonds. The highest BCUT2D eigenvalue weighted by Crippen LogP contribution is 2.30. The molecule has 1 aromatic carbocycles. The summed E-state index contributed by atoms with van der Waals surface area (Å²) in [5.74, 6) is 0.411. The van der Waals surface area contributed by atoms with E-state index >= 15 is 0 Å². The third-order valence-electron chi connectivity index (χ3n) is 6.60. The molecule has 2 aliphatic rings. The average molecular weight is 489 g/mol. The third-order valence-corrected chi connectivity index (χ3v) is 8.12. The van der Waals surface area contributed by atoms with Crippen LogP contribution in [0.5, 0.6) is 0 Å². The molecule has 7 nitrogen and oxygen atoms in total. The lowest BCUT2D eigenvalue weighted by Crippen LogP contribution is -2.52. The van der Waals surface area contributed by atoms with Crippen LogP contribution in [0.15, 0.2) is 30.3 Å². The molecule has 3 aromatic rings. The summed E-state index contributed by atoms with van der Waals surface area (Å²) >= 11 is 7.84. The van der Waals surface area contributed by atoms with Gasteiger partial charge < -0.3 is 14.8 Å². The van der Waals surface area contributed by atoms with Crippen LogP contribution in [-0.4, -0.2) is 72.7 Å². The predicted octanol–water partition coefficient (Wildman–Crippen LogP) is 3.58. The minimum absolute atomic E-state index is 0.0305. The second-order valence-electron chi connectivity index (χ2n) is 8.71. The first-order chi connectivity index (χ1) is 16.1. The molecule has 2 aliphatic heterocycles. The quantitative estimate of drug-likeness (QED) is 0.550. The number of hydrogen-bond acceptors (Lipinski definition) is 6. The van der Waals surface area contributed by atoms with Crippen molar-refractivity contribution in [3.63, 3.8) is 0 Å². The molecule has 2 atom stereocenters. The fourth-order valence-corrected chi connectivity index (χ4v) is 6.04. The Labute approximate surface area is 202 Å². The number of ether oxygens (including phenoxy) is 2. The molecule has 33 heavy (non-hydrogen) atoms. The van der Waals surface area contributed by atoms with Crippen LogP contribution in [0.3, 0.4) is 0 Å². The summed E-state index contributed by atoms with van der Waals surface area (Å²) < 4.78 is 13.1. The summed E-state index contributed by atoms with van der Waals surface area (Å²) in [6.07, 6.45) is 1.04. The number of halogens is 1. The van der Waals surface area contributed by atoms with Gasteiger partial charge in [0.05, 0.1) is 36.9 Å². The molecule has 9 heteroatoms. The van der Waals surface area contributed by atoms with Gasteiger partial charge >= 0.3 is 0 Å². The second kappa shape index (κ2) is 10.1. The third kappa shape index (κ3) is 4.95. The number of thiophene rings is 1. The largest absolute Gasteiger partial charge is 0.381 e. The van der Waals surface area contributed by atoms with Crippen molar-refractivity contribution >= 4 is 39.1 Å². The van der Waals surface area contributed by atoms with E-state index in [0.29, 0.717) is 23.9 Å². The van der Waals surface area contributed by atoms with Crippen LogP contribution in [0.1, 0.15) is 27.3 Å². The summed E-state index contributed by atoms with van der Waals surface area (Å²) in [6, 6.07) is 10.0. The van der Waals surface area contributed by atoms with Crippen molar-refractivity contribution in [3.8, 4) is 0 Å². The molecule has 0 saturated carbocycles. The van der Waals surface area contributed by atoms with E-state index in [9.17, 15) is 4.79 Å². The van der Waals surface area contributed by atoms with Gasteiger partial charge in [0, 0.05) is 48.6 Å². The molecule has 0 aliphatic carbocycles. The molecule has 5 rings (SSSR count). The molecule has 2 fully saturated rings. The molecule has 0 spiro atoms. The maximum Gasteiger partial charge on any atom is 0.261 e. The smallest absolute Gasteiger partial charge is 0.261 e. The Morgan fingerprint density at radius 1 is 1.27 bits per heavy atom. The number of amides is 1. The zero-order chi connectivity index (χ0) is 22.8. The van der Waals surface area contributed by atoms with Gasteiger partial charge in [-0.25, -0.2) is 0 Å². The number of nitrogens with zero attached hydrogens (tertiary/aromatic N) is 3. The Morgan fingerprint density at radius 2 is 2.09 bits per heavy atom. The number of carbonyl (C=O) groups is 1. The fourth-order valence-electron chi connectivity index (χ4n) is 4.76. The van der Waals surface area contributed by atoms with E-state index in [2.05, 4.69) is 15.3 Å². The Hall–Kier alpha value is -1.97. The lowest BCUT2D eigenvalue weighted by Gasteiger charge is -2.37. The SMILES string of the molecule is Cc1nn(Cc2ccccc2Cl)c2sc(C(=O)NCC(C3CCOC3)N3CCOCC3)cc12. The van der Waals surface area contributed by atoms with Crippen molar-refractivity contribution in [2.45, 2.75) is 25.9 Å². The van der Waals surface area contributed by atoms with E-state index in [1.165, 1.54) is 11.3 Å². The predicted molar refractivity (Wildman–Crippen MR) is 130 cm³/mol. The lowest BCUT2D eigenvalue weighted by atomic mass is 9.97. The average Bonchev–Trinajstić information content (AvgIpc) is 3.56. The van der Waals surface area contributed by atoms with Crippen LogP contribution < -0.4 is 5.32 Å². The topological polar surface area (TPSA) is 68.6 Å². The van der Waals surface area contributed by atoms with E-state index in [1.807, 2.05) is 41.9 Å².